The van der Waals surface area contributed by atoms with Crippen molar-refractivity contribution in [3.63, 3.8) is 0 Å². The number of fused-ring (bicyclic) bond motifs is 2. The summed E-state index contributed by atoms with van der Waals surface area (Å²) in [6.45, 7) is 4.28. The second kappa shape index (κ2) is 6.13. The fourth-order valence-corrected chi connectivity index (χ4v) is 3.01. The van der Waals surface area contributed by atoms with E-state index in [0.29, 0.717) is 0 Å². The number of hydrogen-bond donors (Lipinski definition) is 0. The van der Waals surface area contributed by atoms with Gasteiger partial charge in [-0.2, -0.15) is 0 Å². The summed E-state index contributed by atoms with van der Waals surface area (Å²) in [7, 11) is 0. The molecule has 0 saturated carbocycles. The van der Waals surface area contributed by atoms with Gasteiger partial charge in [0.05, 0.1) is 0 Å². The Hall–Kier alpha value is -2.08. The van der Waals surface area contributed by atoms with Crippen LogP contribution in [0.15, 0.2) is 60.7 Å². The first kappa shape index (κ1) is 13.9. The van der Waals surface area contributed by atoms with Crippen LogP contribution < -0.4 is 0 Å². The van der Waals surface area contributed by atoms with E-state index in [2.05, 4.69) is 74.5 Å². The van der Waals surface area contributed by atoms with Gasteiger partial charge >= 0.3 is 0 Å². The summed E-state index contributed by atoms with van der Waals surface area (Å²) in [5.41, 5.74) is 5.88. The van der Waals surface area contributed by atoms with E-state index in [1.54, 1.807) is 11.1 Å². The molecule has 0 nitrogen and oxygen atoms in total. The Balaban J connectivity index is 0.000000126. The van der Waals surface area contributed by atoms with Gasteiger partial charge in [-0.15, -0.1) is 0 Å². The van der Waals surface area contributed by atoms with Crippen LogP contribution in [0.4, 0.5) is 0 Å². The second-order valence-electron chi connectivity index (χ2n) is 5.98. The lowest BCUT2D eigenvalue weighted by molar-refractivity contribution is 0.911. The van der Waals surface area contributed by atoms with E-state index in [4.69, 9.17) is 0 Å². The van der Waals surface area contributed by atoms with Crippen LogP contribution in [0.1, 0.15) is 28.7 Å². The Labute approximate surface area is 127 Å². The minimum Gasteiger partial charge on any atom is -0.0616 e. The van der Waals surface area contributed by atoms with Gasteiger partial charge in [-0.3, -0.25) is 0 Å². The molecule has 0 radical (unpaired) electrons. The molecule has 3 aromatic rings. The fraction of sp³-hybridized carbons (Fsp3) is 0.238. The van der Waals surface area contributed by atoms with E-state index in [1.165, 1.54) is 41.2 Å². The summed E-state index contributed by atoms with van der Waals surface area (Å²) < 4.78 is 0. The zero-order chi connectivity index (χ0) is 14.7. The van der Waals surface area contributed by atoms with Crippen molar-refractivity contribution in [3.05, 3.63) is 82.9 Å². The Morgan fingerprint density at radius 2 is 1.29 bits per heavy atom. The number of hydrogen-bond acceptors (Lipinski definition) is 0. The van der Waals surface area contributed by atoms with Crippen molar-refractivity contribution in [3.8, 4) is 0 Å². The number of aryl methyl sites for hydroxylation is 4. The van der Waals surface area contributed by atoms with Gasteiger partial charge in [0.15, 0.2) is 0 Å². The van der Waals surface area contributed by atoms with Crippen LogP contribution in [0.25, 0.3) is 10.8 Å². The van der Waals surface area contributed by atoms with E-state index < -0.39 is 0 Å². The first-order chi connectivity index (χ1) is 10.2. The molecule has 21 heavy (non-hydrogen) atoms. The molecule has 1 aliphatic rings. The van der Waals surface area contributed by atoms with Gasteiger partial charge < -0.3 is 0 Å². The molecule has 0 spiro atoms. The van der Waals surface area contributed by atoms with E-state index in [0.717, 1.165) is 0 Å². The van der Waals surface area contributed by atoms with E-state index in [1.807, 2.05) is 0 Å². The Morgan fingerprint density at radius 3 is 2.14 bits per heavy atom. The molecule has 0 bridgehead atoms. The summed E-state index contributed by atoms with van der Waals surface area (Å²) in [4.78, 5) is 0. The SMILES string of the molecule is Cc1ccc2c(c1)CCC2.Cc1ccc2ccccc2c1. The molecular weight excluding hydrogens is 252 g/mol. The molecule has 0 saturated heterocycles. The van der Waals surface area contributed by atoms with E-state index in [9.17, 15) is 0 Å². The highest BCUT2D eigenvalue weighted by Crippen LogP contribution is 2.22. The van der Waals surface area contributed by atoms with Crippen LogP contribution in [0.2, 0.25) is 0 Å². The van der Waals surface area contributed by atoms with Crippen molar-refractivity contribution in [2.24, 2.45) is 0 Å². The van der Waals surface area contributed by atoms with Gasteiger partial charge in [0.25, 0.3) is 0 Å². The highest BCUT2D eigenvalue weighted by Gasteiger charge is 2.08. The Bertz CT molecular complexity index is 753. The molecule has 0 aromatic heterocycles. The molecule has 3 aromatic carbocycles. The standard InChI is InChI=1S/C11H10.C10H12/c1-9-6-7-10-4-2-3-5-11(10)8-9;1-8-5-6-9-3-2-4-10(9)7-8/h2-8H,1H3;5-7H,2-4H2,1H3. The highest BCUT2D eigenvalue weighted by atomic mass is 14.1. The Morgan fingerprint density at radius 1 is 0.619 bits per heavy atom. The smallest absolute Gasteiger partial charge is 0.0181 e. The molecule has 106 valence electrons. The van der Waals surface area contributed by atoms with Gasteiger partial charge in [0.2, 0.25) is 0 Å². The maximum absolute atomic E-state index is 2.32. The van der Waals surface area contributed by atoms with Crippen LogP contribution >= 0.6 is 0 Å². The molecule has 4 rings (SSSR count). The van der Waals surface area contributed by atoms with Gasteiger partial charge in [-0.1, -0.05) is 71.8 Å². The van der Waals surface area contributed by atoms with Gasteiger partial charge in [-0.25, -0.2) is 0 Å². The van der Waals surface area contributed by atoms with Crippen LogP contribution in [-0.2, 0) is 12.8 Å². The predicted octanol–water partition coefficient (Wildman–Crippen LogP) is 5.63. The third-order valence-corrected chi connectivity index (χ3v) is 4.16. The maximum atomic E-state index is 2.32. The van der Waals surface area contributed by atoms with Crippen LogP contribution in [0.5, 0.6) is 0 Å². The van der Waals surface area contributed by atoms with E-state index >= 15 is 0 Å². The van der Waals surface area contributed by atoms with Gasteiger partial charge in [-0.05, 0) is 55.0 Å². The average Bonchev–Trinajstić information content (AvgIpc) is 2.95. The minimum absolute atomic E-state index is 1.30. The van der Waals surface area contributed by atoms with Crippen molar-refractivity contribution in [2.75, 3.05) is 0 Å². The molecule has 0 unspecified atom stereocenters. The van der Waals surface area contributed by atoms with Crippen LogP contribution in [-0.4, -0.2) is 0 Å². The predicted molar refractivity (Wildman–Crippen MR) is 91.9 cm³/mol. The first-order valence-corrected chi connectivity index (χ1v) is 7.76. The average molecular weight is 274 g/mol. The quantitative estimate of drug-likeness (QED) is 0.498. The molecule has 0 aliphatic heterocycles. The van der Waals surface area contributed by atoms with Crippen LogP contribution in [0, 0.1) is 13.8 Å². The lowest BCUT2D eigenvalue weighted by Crippen LogP contribution is -1.81. The first-order valence-electron chi connectivity index (χ1n) is 7.76. The summed E-state index contributed by atoms with van der Waals surface area (Å²) in [5.74, 6) is 0. The number of benzene rings is 3. The molecular formula is C21H22. The summed E-state index contributed by atoms with van der Waals surface area (Å²) in [6, 6.07) is 21.7. The second-order valence-corrected chi connectivity index (χ2v) is 5.98. The minimum atomic E-state index is 1.30. The summed E-state index contributed by atoms with van der Waals surface area (Å²) in [6.07, 6.45) is 3.96. The molecule has 0 atom stereocenters. The van der Waals surface area contributed by atoms with Crippen molar-refractivity contribution < 1.29 is 0 Å². The fourth-order valence-electron chi connectivity index (χ4n) is 3.01. The highest BCUT2D eigenvalue weighted by molar-refractivity contribution is 5.82. The molecule has 0 amide bonds. The Kier molecular flexibility index (Phi) is 4.06. The lowest BCUT2D eigenvalue weighted by Gasteiger charge is -1.98. The molecule has 0 fully saturated rings. The molecule has 0 N–H and O–H groups in total. The zero-order valence-corrected chi connectivity index (χ0v) is 12.9. The van der Waals surface area contributed by atoms with Crippen LogP contribution in [0.3, 0.4) is 0 Å². The number of rotatable bonds is 0. The topological polar surface area (TPSA) is 0 Å². The van der Waals surface area contributed by atoms with Gasteiger partial charge in [0, 0.05) is 0 Å². The van der Waals surface area contributed by atoms with Crippen molar-refractivity contribution in [2.45, 2.75) is 33.1 Å². The molecule has 1 aliphatic carbocycles. The summed E-state index contributed by atoms with van der Waals surface area (Å²) in [5, 5.41) is 2.64. The van der Waals surface area contributed by atoms with Crippen molar-refractivity contribution >= 4 is 10.8 Å². The van der Waals surface area contributed by atoms with Crippen molar-refractivity contribution in [1.82, 2.24) is 0 Å². The van der Waals surface area contributed by atoms with Crippen molar-refractivity contribution in [1.29, 1.82) is 0 Å². The zero-order valence-electron chi connectivity index (χ0n) is 12.9. The maximum Gasteiger partial charge on any atom is -0.0181 e. The third kappa shape index (κ3) is 3.33. The van der Waals surface area contributed by atoms with Gasteiger partial charge in [0.1, 0.15) is 0 Å². The monoisotopic (exact) mass is 274 g/mol. The van der Waals surface area contributed by atoms with E-state index in [-0.39, 0.29) is 0 Å². The normalized spacial score (nSPS) is 12.7. The third-order valence-electron chi connectivity index (χ3n) is 4.16. The molecule has 0 heterocycles. The summed E-state index contributed by atoms with van der Waals surface area (Å²) >= 11 is 0. The largest absolute Gasteiger partial charge is 0.0616 e. The molecule has 0 heteroatoms. The lowest BCUT2D eigenvalue weighted by atomic mass is 10.1.